The SMILES string of the molecule is CCN1CCCC(/C=N/c2nnc(-c3c(F)cc4sccc4c3O)c(C)n2)C1. The summed E-state index contributed by atoms with van der Waals surface area (Å²) in [6.45, 7) is 7.05. The van der Waals surface area contributed by atoms with E-state index in [9.17, 15) is 9.50 Å². The van der Waals surface area contributed by atoms with Crippen LogP contribution in [0.3, 0.4) is 0 Å². The monoisotopic (exact) mass is 399 g/mol. The maximum Gasteiger partial charge on any atom is 0.268 e. The van der Waals surface area contributed by atoms with Gasteiger partial charge in [0.15, 0.2) is 0 Å². The first-order valence-corrected chi connectivity index (χ1v) is 10.3. The first kappa shape index (κ1) is 18.9. The molecule has 0 amide bonds. The van der Waals surface area contributed by atoms with Gasteiger partial charge < -0.3 is 10.0 Å². The Balaban J connectivity index is 1.61. The fourth-order valence-corrected chi connectivity index (χ4v) is 4.45. The maximum atomic E-state index is 14.6. The summed E-state index contributed by atoms with van der Waals surface area (Å²) in [6, 6.07) is 3.17. The number of hydrogen-bond donors (Lipinski definition) is 1. The molecule has 0 radical (unpaired) electrons. The Morgan fingerprint density at radius 2 is 2.29 bits per heavy atom. The largest absolute Gasteiger partial charge is 0.506 e. The fraction of sp³-hybridized carbons (Fsp3) is 0.400. The lowest BCUT2D eigenvalue weighted by molar-refractivity contribution is 0.216. The highest BCUT2D eigenvalue weighted by molar-refractivity contribution is 7.17. The second kappa shape index (κ2) is 7.89. The number of nitrogens with zero attached hydrogens (tertiary/aromatic N) is 5. The van der Waals surface area contributed by atoms with Crippen LogP contribution in [0.25, 0.3) is 21.3 Å². The van der Waals surface area contributed by atoms with Crippen molar-refractivity contribution in [2.45, 2.75) is 26.7 Å². The number of thiophene rings is 1. The minimum atomic E-state index is -0.537. The van der Waals surface area contributed by atoms with Gasteiger partial charge in [-0.1, -0.05) is 6.92 Å². The van der Waals surface area contributed by atoms with Gasteiger partial charge in [0.2, 0.25) is 0 Å². The van der Waals surface area contributed by atoms with Crippen molar-refractivity contribution in [1.29, 1.82) is 0 Å². The Bertz CT molecular complexity index is 1030. The number of aryl methyl sites for hydroxylation is 1. The summed E-state index contributed by atoms with van der Waals surface area (Å²) in [4.78, 5) is 11.2. The van der Waals surface area contributed by atoms with Crippen molar-refractivity contribution in [1.82, 2.24) is 20.1 Å². The number of benzene rings is 1. The van der Waals surface area contributed by atoms with Crippen LogP contribution < -0.4 is 0 Å². The van der Waals surface area contributed by atoms with E-state index in [0.29, 0.717) is 21.7 Å². The Hall–Kier alpha value is -2.45. The first-order valence-electron chi connectivity index (χ1n) is 9.43. The van der Waals surface area contributed by atoms with Gasteiger partial charge in [-0.2, -0.15) is 0 Å². The number of aromatic nitrogens is 3. The molecule has 1 N–H and O–H groups in total. The molecule has 6 nitrogen and oxygen atoms in total. The third-order valence-corrected chi connectivity index (χ3v) is 6.02. The van der Waals surface area contributed by atoms with Gasteiger partial charge in [0.25, 0.3) is 5.95 Å². The third-order valence-electron chi connectivity index (χ3n) is 5.16. The van der Waals surface area contributed by atoms with Crippen LogP contribution in [0.1, 0.15) is 25.5 Å². The second-order valence-corrected chi connectivity index (χ2v) is 7.98. The van der Waals surface area contributed by atoms with Gasteiger partial charge in [0.1, 0.15) is 17.3 Å². The molecule has 1 aliphatic heterocycles. The summed E-state index contributed by atoms with van der Waals surface area (Å²) in [7, 11) is 0. The van der Waals surface area contributed by atoms with E-state index in [1.165, 1.54) is 17.4 Å². The molecule has 2 aromatic heterocycles. The van der Waals surface area contributed by atoms with Gasteiger partial charge in [-0.3, -0.25) is 0 Å². The van der Waals surface area contributed by atoms with Crippen LogP contribution in [0, 0.1) is 18.7 Å². The minimum Gasteiger partial charge on any atom is -0.506 e. The lowest BCUT2D eigenvalue weighted by Gasteiger charge is -2.29. The smallest absolute Gasteiger partial charge is 0.268 e. The van der Waals surface area contributed by atoms with Crippen LogP contribution in [-0.4, -0.2) is 51.0 Å². The molecular formula is C20H22FN5OS. The number of aliphatic imine (C=N–C) groups is 1. The summed E-state index contributed by atoms with van der Waals surface area (Å²) >= 11 is 1.37. The van der Waals surface area contributed by atoms with Crippen molar-refractivity contribution >= 4 is 33.6 Å². The van der Waals surface area contributed by atoms with Gasteiger partial charge in [0, 0.05) is 28.8 Å². The lowest BCUT2D eigenvalue weighted by Crippen LogP contribution is -2.35. The molecule has 1 fully saturated rings. The zero-order valence-corrected chi connectivity index (χ0v) is 16.7. The molecule has 1 aliphatic rings. The number of likely N-dealkylation sites (tertiary alicyclic amines) is 1. The molecule has 1 aromatic carbocycles. The molecule has 1 atom stereocenters. The average molecular weight is 399 g/mol. The summed E-state index contributed by atoms with van der Waals surface area (Å²) in [5.41, 5.74) is 0.742. The second-order valence-electron chi connectivity index (χ2n) is 7.03. The molecule has 3 aromatic rings. The molecule has 0 saturated carbocycles. The highest BCUT2D eigenvalue weighted by Gasteiger charge is 2.20. The molecule has 146 valence electrons. The number of hydrogen-bond acceptors (Lipinski definition) is 7. The van der Waals surface area contributed by atoms with Crippen molar-refractivity contribution in [3.63, 3.8) is 0 Å². The number of halogens is 1. The Labute approximate surface area is 166 Å². The van der Waals surface area contributed by atoms with Gasteiger partial charge in [0.05, 0.1) is 11.3 Å². The zero-order chi connectivity index (χ0) is 19.7. The van der Waals surface area contributed by atoms with Gasteiger partial charge >= 0.3 is 0 Å². The molecule has 28 heavy (non-hydrogen) atoms. The highest BCUT2D eigenvalue weighted by Crippen LogP contribution is 2.40. The summed E-state index contributed by atoms with van der Waals surface area (Å²) in [5.74, 6) is -0.0375. The quantitative estimate of drug-likeness (QED) is 0.661. The number of phenolic OH excluding ortho intramolecular Hbond substituents is 1. The normalized spacial score (nSPS) is 18.3. The molecule has 3 heterocycles. The predicted octanol–water partition coefficient (Wildman–Crippen LogP) is 4.34. The first-order chi connectivity index (χ1) is 13.6. The molecule has 1 unspecified atom stereocenters. The number of fused-ring (bicyclic) bond motifs is 1. The Morgan fingerprint density at radius 3 is 3.07 bits per heavy atom. The number of rotatable bonds is 4. The van der Waals surface area contributed by atoms with E-state index in [0.717, 1.165) is 32.5 Å². The highest BCUT2D eigenvalue weighted by atomic mass is 32.1. The minimum absolute atomic E-state index is 0.0322. The standard InChI is InChI=1S/C20H22FN5OS/c1-3-26-7-4-5-13(11-26)10-22-20-23-12(2)18(24-25-20)17-15(21)9-16-14(19(17)27)6-8-28-16/h6,8-10,13,27H,3-5,7,11H2,1-2H3/b22-10+. The van der Waals surface area contributed by atoms with Gasteiger partial charge in [-0.05, 0) is 50.4 Å². The van der Waals surface area contributed by atoms with E-state index in [1.54, 1.807) is 13.0 Å². The summed E-state index contributed by atoms with van der Waals surface area (Å²) < 4.78 is 15.3. The van der Waals surface area contributed by atoms with Crippen LogP contribution in [0.4, 0.5) is 10.3 Å². The van der Waals surface area contributed by atoms with Crippen LogP contribution in [0.2, 0.25) is 0 Å². The van der Waals surface area contributed by atoms with Crippen LogP contribution in [0.5, 0.6) is 5.75 Å². The molecule has 0 spiro atoms. The van der Waals surface area contributed by atoms with Gasteiger partial charge in [-0.15, -0.1) is 21.5 Å². The van der Waals surface area contributed by atoms with E-state index in [2.05, 4.69) is 32.0 Å². The third kappa shape index (κ3) is 3.62. The van der Waals surface area contributed by atoms with Crippen molar-refractivity contribution < 1.29 is 9.50 Å². The van der Waals surface area contributed by atoms with E-state index >= 15 is 0 Å². The lowest BCUT2D eigenvalue weighted by atomic mass is 9.99. The van der Waals surface area contributed by atoms with Crippen LogP contribution >= 0.6 is 11.3 Å². The summed E-state index contributed by atoms with van der Waals surface area (Å²) in [5, 5.41) is 21.1. The van der Waals surface area contributed by atoms with Crippen molar-refractivity contribution in [2.75, 3.05) is 19.6 Å². The van der Waals surface area contributed by atoms with Crippen molar-refractivity contribution in [3.05, 3.63) is 29.0 Å². The van der Waals surface area contributed by atoms with E-state index in [1.807, 2.05) is 11.6 Å². The molecule has 0 aliphatic carbocycles. The number of piperidine rings is 1. The van der Waals surface area contributed by atoms with Gasteiger partial charge in [-0.25, -0.2) is 14.4 Å². The zero-order valence-electron chi connectivity index (χ0n) is 15.9. The van der Waals surface area contributed by atoms with E-state index < -0.39 is 5.82 Å². The van der Waals surface area contributed by atoms with Crippen LogP contribution in [0.15, 0.2) is 22.5 Å². The van der Waals surface area contributed by atoms with Crippen LogP contribution in [-0.2, 0) is 0 Å². The molecule has 0 bridgehead atoms. The average Bonchev–Trinajstić information content (AvgIpc) is 3.16. The molecular weight excluding hydrogens is 377 g/mol. The molecule has 4 rings (SSSR count). The van der Waals surface area contributed by atoms with E-state index in [4.69, 9.17) is 0 Å². The number of aromatic hydroxyl groups is 1. The Kier molecular flexibility index (Phi) is 5.32. The Morgan fingerprint density at radius 1 is 1.43 bits per heavy atom. The maximum absolute atomic E-state index is 14.6. The molecule has 1 saturated heterocycles. The molecule has 8 heteroatoms. The number of phenols is 1. The predicted molar refractivity (Wildman–Crippen MR) is 110 cm³/mol. The van der Waals surface area contributed by atoms with E-state index in [-0.39, 0.29) is 23.0 Å². The fourth-order valence-electron chi connectivity index (χ4n) is 3.64. The van der Waals surface area contributed by atoms with Crippen molar-refractivity contribution in [3.8, 4) is 17.0 Å². The topological polar surface area (TPSA) is 74.5 Å². The van der Waals surface area contributed by atoms with Crippen molar-refractivity contribution in [2.24, 2.45) is 10.9 Å². The summed E-state index contributed by atoms with van der Waals surface area (Å²) in [6.07, 6.45) is 4.16.